The Morgan fingerprint density at radius 1 is 0.727 bits per heavy atom. The van der Waals surface area contributed by atoms with Gasteiger partial charge in [0.15, 0.2) is 6.20 Å². The first kappa shape index (κ1) is 12.8. The molecule has 1 aromatic heterocycles. The molecule has 2 nitrogen and oxygen atoms in total. The van der Waals surface area contributed by atoms with Crippen LogP contribution in [0.5, 0.6) is 0 Å². The average Bonchev–Trinajstić information content (AvgIpc) is 2.56. The van der Waals surface area contributed by atoms with Crippen LogP contribution in [0.1, 0.15) is 5.56 Å². The minimum atomic E-state index is 0.717. The molecule has 0 saturated carbocycles. The van der Waals surface area contributed by atoms with Gasteiger partial charge in [-0.25, -0.2) is 0 Å². The predicted molar refractivity (Wildman–Crippen MR) is 90.6 cm³/mol. The molecule has 0 spiro atoms. The second kappa shape index (κ2) is 4.85. The highest BCUT2D eigenvalue weighted by atomic mass is 16.5. The van der Waals surface area contributed by atoms with Crippen molar-refractivity contribution in [1.29, 1.82) is 0 Å². The van der Waals surface area contributed by atoms with E-state index in [1.165, 1.54) is 10.9 Å². The summed E-state index contributed by atoms with van der Waals surface area (Å²) in [6, 6.07) is 22.3. The molecule has 0 fully saturated rings. The van der Waals surface area contributed by atoms with Gasteiger partial charge < -0.3 is 5.21 Å². The van der Waals surface area contributed by atoms with E-state index in [2.05, 4.69) is 25.1 Å². The third-order valence-corrected chi connectivity index (χ3v) is 4.22. The highest BCUT2D eigenvalue weighted by Crippen LogP contribution is 2.32. The van der Waals surface area contributed by atoms with E-state index in [0.29, 0.717) is 5.69 Å². The molecule has 0 unspecified atom stereocenters. The lowest BCUT2D eigenvalue weighted by Crippen LogP contribution is -2.28. The zero-order valence-electron chi connectivity index (χ0n) is 12.3. The van der Waals surface area contributed by atoms with Gasteiger partial charge in [-0.2, -0.15) is 4.73 Å². The zero-order valence-corrected chi connectivity index (χ0v) is 12.3. The van der Waals surface area contributed by atoms with E-state index >= 15 is 0 Å². The number of hydrogen-bond donors (Lipinski definition) is 0. The molecule has 0 atom stereocenters. The molecular formula is C20H15NO. The Labute approximate surface area is 128 Å². The van der Waals surface area contributed by atoms with Crippen molar-refractivity contribution >= 4 is 21.5 Å². The fraction of sp³-hybridized carbons (Fsp3) is 0.0500. The summed E-state index contributed by atoms with van der Waals surface area (Å²) >= 11 is 0. The van der Waals surface area contributed by atoms with E-state index in [0.717, 1.165) is 26.5 Å². The average molecular weight is 285 g/mol. The second-order valence-corrected chi connectivity index (χ2v) is 5.55. The summed E-state index contributed by atoms with van der Waals surface area (Å²) in [6.45, 7) is 2.10. The Morgan fingerprint density at radius 3 is 2.23 bits per heavy atom. The van der Waals surface area contributed by atoms with Crippen LogP contribution in [0.15, 0.2) is 72.9 Å². The van der Waals surface area contributed by atoms with Crippen LogP contribution in [-0.4, -0.2) is 0 Å². The SMILES string of the molecule is Cc1ccc(-c2c3ccccc3cc[n+]2[O-])c2ccccc12. The molecule has 0 radical (unpaired) electrons. The predicted octanol–water partition coefficient (Wildman–Crippen LogP) is 4.60. The molecule has 0 saturated heterocycles. The summed E-state index contributed by atoms with van der Waals surface area (Å²) in [7, 11) is 0. The van der Waals surface area contributed by atoms with Crippen LogP contribution in [0, 0.1) is 12.1 Å². The van der Waals surface area contributed by atoms with Crippen LogP contribution in [0.3, 0.4) is 0 Å². The molecule has 106 valence electrons. The van der Waals surface area contributed by atoms with Gasteiger partial charge >= 0.3 is 0 Å². The highest BCUT2D eigenvalue weighted by Gasteiger charge is 2.16. The Bertz CT molecular complexity index is 1000. The van der Waals surface area contributed by atoms with E-state index in [1.807, 2.05) is 48.5 Å². The summed E-state index contributed by atoms with van der Waals surface area (Å²) in [5.74, 6) is 0. The standard InChI is InChI=1S/C20H15NO/c1-14-10-11-19(18-9-5-4-7-16(14)18)20-17-8-3-2-6-15(17)12-13-21(20)22/h2-13H,1H3. The molecule has 4 rings (SSSR count). The van der Waals surface area contributed by atoms with Crippen molar-refractivity contribution in [2.24, 2.45) is 0 Å². The quantitative estimate of drug-likeness (QED) is 0.371. The number of nitrogens with zero attached hydrogens (tertiary/aromatic N) is 1. The lowest BCUT2D eigenvalue weighted by molar-refractivity contribution is -0.592. The maximum Gasteiger partial charge on any atom is 0.232 e. The lowest BCUT2D eigenvalue weighted by atomic mass is 9.96. The number of aromatic nitrogens is 1. The molecule has 0 bridgehead atoms. The van der Waals surface area contributed by atoms with Crippen molar-refractivity contribution in [3.8, 4) is 11.3 Å². The maximum absolute atomic E-state index is 12.5. The molecule has 4 aromatic rings. The first-order chi connectivity index (χ1) is 10.8. The topological polar surface area (TPSA) is 26.9 Å². The van der Waals surface area contributed by atoms with Gasteiger partial charge in [-0.15, -0.1) is 0 Å². The Kier molecular flexibility index (Phi) is 2.83. The molecule has 22 heavy (non-hydrogen) atoms. The van der Waals surface area contributed by atoms with Crippen molar-refractivity contribution in [2.75, 3.05) is 0 Å². The van der Waals surface area contributed by atoms with E-state index in [1.54, 1.807) is 6.20 Å². The fourth-order valence-electron chi connectivity index (χ4n) is 3.12. The van der Waals surface area contributed by atoms with Gasteiger partial charge in [-0.3, -0.25) is 0 Å². The van der Waals surface area contributed by atoms with Gasteiger partial charge in [0.25, 0.3) is 0 Å². The molecule has 0 amide bonds. The Balaban J connectivity index is 2.17. The minimum absolute atomic E-state index is 0.717. The van der Waals surface area contributed by atoms with Crippen molar-refractivity contribution in [3.05, 3.63) is 83.7 Å². The van der Waals surface area contributed by atoms with Crippen LogP contribution in [0.2, 0.25) is 0 Å². The number of benzene rings is 3. The summed E-state index contributed by atoms with van der Waals surface area (Å²) in [5, 5.41) is 16.8. The molecule has 0 aliphatic carbocycles. The number of rotatable bonds is 1. The van der Waals surface area contributed by atoms with Crippen LogP contribution in [0.4, 0.5) is 0 Å². The molecule has 2 heteroatoms. The van der Waals surface area contributed by atoms with Crippen LogP contribution in [-0.2, 0) is 0 Å². The van der Waals surface area contributed by atoms with Gasteiger partial charge in [-0.1, -0.05) is 48.5 Å². The van der Waals surface area contributed by atoms with E-state index in [9.17, 15) is 5.21 Å². The molecule has 1 heterocycles. The minimum Gasteiger partial charge on any atom is -0.618 e. The van der Waals surface area contributed by atoms with Gasteiger partial charge in [0, 0.05) is 6.07 Å². The van der Waals surface area contributed by atoms with Gasteiger partial charge in [0.2, 0.25) is 5.69 Å². The molecule has 0 aliphatic heterocycles. The van der Waals surface area contributed by atoms with Crippen molar-refractivity contribution in [1.82, 2.24) is 0 Å². The molecular weight excluding hydrogens is 270 g/mol. The number of hydrogen-bond acceptors (Lipinski definition) is 1. The van der Waals surface area contributed by atoms with Crippen LogP contribution >= 0.6 is 0 Å². The Hall–Kier alpha value is -2.87. The van der Waals surface area contributed by atoms with Crippen molar-refractivity contribution in [2.45, 2.75) is 6.92 Å². The van der Waals surface area contributed by atoms with Gasteiger partial charge in [0.05, 0.1) is 10.9 Å². The normalized spacial score (nSPS) is 11.1. The summed E-state index contributed by atoms with van der Waals surface area (Å²) in [5.41, 5.74) is 2.92. The van der Waals surface area contributed by atoms with E-state index in [-0.39, 0.29) is 0 Å². The first-order valence-electron chi connectivity index (χ1n) is 7.35. The van der Waals surface area contributed by atoms with E-state index in [4.69, 9.17) is 0 Å². The molecule has 3 aromatic carbocycles. The van der Waals surface area contributed by atoms with Gasteiger partial charge in [0.1, 0.15) is 0 Å². The van der Waals surface area contributed by atoms with Crippen molar-refractivity contribution in [3.63, 3.8) is 0 Å². The summed E-state index contributed by atoms with van der Waals surface area (Å²) < 4.78 is 0.972. The van der Waals surface area contributed by atoms with Crippen molar-refractivity contribution < 1.29 is 4.73 Å². The highest BCUT2D eigenvalue weighted by molar-refractivity contribution is 6.03. The Morgan fingerprint density at radius 2 is 1.41 bits per heavy atom. The third-order valence-electron chi connectivity index (χ3n) is 4.22. The largest absolute Gasteiger partial charge is 0.618 e. The molecule has 0 aliphatic rings. The number of pyridine rings is 1. The monoisotopic (exact) mass is 285 g/mol. The smallest absolute Gasteiger partial charge is 0.232 e. The first-order valence-corrected chi connectivity index (χ1v) is 7.35. The maximum atomic E-state index is 12.5. The zero-order chi connectivity index (χ0) is 15.1. The number of fused-ring (bicyclic) bond motifs is 2. The second-order valence-electron chi connectivity index (χ2n) is 5.55. The van der Waals surface area contributed by atoms with Crippen LogP contribution in [0.25, 0.3) is 32.8 Å². The van der Waals surface area contributed by atoms with Gasteiger partial charge in [-0.05, 0) is 40.8 Å². The van der Waals surface area contributed by atoms with E-state index < -0.39 is 0 Å². The fourth-order valence-corrected chi connectivity index (χ4v) is 3.12. The summed E-state index contributed by atoms with van der Waals surface area (Å²) in [6.07, 6.45) is 1.59. The lowest BCUT2D eigenvalue weighted by Gasteiger charge is -2.11. The summed E-state index contributed by atoms with van der Waals surface area (Å²) in [4.78, 5) is 0. The molecule has 0 N–H and O–H groups in total. The van der Waals surface area contributed by atoms with Crippen LogP contribution < -0.4 is 4.73 Å². The third kappa shape index (κ3) is 1.85. The number of aryl methyl sites for hydroxylation is 1.